The van der Waals surface area contributed by atoms with E-state index in [0.29, 0.717) is 13.0 Å². The van der Waals surface area contributed by atoms with Gasteiger partial charge in [0.15, 0.2) is 0 Å². The van der Waals surface area contributed by atoms with Crippen LogP contribution in [0.2, 0.25) is 0 Å². The Morgan fingerprint density at radius 1 is 1.42 bits per heavy atom. The number of rotatable bonds is 9. The van der Waals surface area contributed by atoms with Gasteiger partial charge in [-0.25, -0.2) is 0 Å². The Morgan fingerprint density at radius 2 is 2.16 bits per heavy atom. The molecule has 2 N–H and O–H groups in total. The molecule has 0 bridgehead atoms. The van der Waals surface area contributed by atoms with Crippen molar-refractivity contribution in [1.29, 1.82) is 0 Å². The van der Waals surface area contributed by atoms with Gasteiger partial charge in [0.2, 0.25) is 0 Å². The smallest absolute Gasteiger partial charge is 0.323 e. The van der Waals surface area contributed by atoms with Gasteiger partial charge >= 0.3 is 5.97 Å². The molecule has 2 atom stereocenters. The van der Waals surface area contributed by atoms with E-state index in [1.54, 1.807) is 6.92 Å². The molecule has 4 nitrogen and oxygen atoms in total. The van der Waals surface area contributed by atoms with E-state index in [2.05, 4.69) is 17.1 Å². The van der Waals surface area contributed by atoms with Gasteiger partial charge in [-0.1, -0.05) is 20.3 Å². The fourth-order valence-electron chi connectivity index (χ4n) is 2.92. The van der Waals surface area contributed by atoms with E-state index in [1.807, 2.05) is 6.92 Å². The third-order valence-electron chi connectivity index (χ3n) is 4.39. The van der Waals surface area contributed by atoms with Gasteiger partial charge in [0, 0.05) is 6.54 Å². The molecule has 0 saturated carbocycles. The van der Waals surface area contributed by atoms with Crippen molar-refractivity contribution in [3.63, 3.8) is 0 Å². The second-order valence-corrected chi connectivity index (χ2v) is 5.99. The zero-order chi connectivity index (χ0) is 14.3. The van der Waals surface area contributed by atoms with Crippen LogP contribution in [0.5, 0.6) is 0 Å². The summed E-state index contributed by atoms with van der Waals surface area (Å²) in [7, 11) is 0. The first-order chi connectivity index (χ1) is 9.01. The number of nitrogens with one attached hydrogen (secondary N) is 1. The summed E-state index contributed by atoms with van der Waals surface area (Å²) >= 11 is 0. The molecule has 0 aliphatic carbocycles. The van der Waals surface area contributed by atoms with Crippen molar-refractivity contribution in [2.75, 3.05) is 26.2 Å². The van der Waals surface area contributed by atoms with Gasteiger partial charge in [0.1, 0.15) is 5.54 Å². The molecule has 0 amide bonds. The fraction of sp³-hybridized carbons (Fsp3) is 0.933. The van der Waals surface area contributed by atoms with Gasteiger partial charge in [0.05, 0.1) is 0 Å². The number of aliphatic carboxylic acids is 1. The van der Waals surface area contributed by atoms with E-state index in [-0.39, 0.29) is 0 Å². The monoisotopic (exact) mass is 270 g/mol. The molecule has 1 rings (SSSR count). The summed E-state index contributed by atoms with van der Waals surface area (Å²) in [6.45, 7) is 10.3. The molecule has 1 aliphatic rings. The zero-order valence-electron chi connectivity index (χ0n) is 12.7. The Kier molecular flexibility index (Phi) is 6.80. The Bertz CT molecular complexity index is 283. The summed E-state index contributed by atoms with van der Waals surface area (Å²) in [5.41, 5.74) is -0.758. The summed E-state index contributed by atoms with van der Waals surface area (Å²) in [6, 6.07) is 0. The SMILES string of the molecule is CCNC(C)(CCCCN1CCC(CC)C1)C(=O)O. The lowest BCUT2D eigenvalue weighted by Crippen LogP contribution is -2.49. The summed E-state index contributed by atoms with van der Waals surface area (Å²) in [4.78, 5) is 13.8. The molecule has 0 aromatic rings. The van der Waals surface area contributed by atoms with E-state index in [9.17, 15) is 9.90 Å². The Morgan fingerprint density at radius 3 is 2.68 bits per heavy atom. The normalized spacial score (nSPS) is 23.4. The van der Waals surface area contributed by atoms with Crippen molar-refractivity contribution in [1.82, 2.24) is 10.2 Å². The highest BCUT2D eigenvalue weighted by Crippen LogP contribution is 2.20. The third-order valence-corrected chi connectivity index (χ3v) is 4.39. The minimum absolute atomic E-state index is 0.701. The van der Waals surface area contributed by atoms with Crippen LogP contribution in [0.4, 0.5) is 0 Å². The summed E-state index contributed by atoms with van der Waals surface area (Å²) in [5, 5.41) is 12.4. The van der Waals surface area contributed by atoms with E-state index < -0.39 is 11.5 Å². The summed E-state index contributed by atoms with van der Waals surface area (Å²) in [5.74, 6) is 0.146. The van der Waals surface area contributed by atoms with Crippen molar-refractivity contribution < 1.29 is 9.90 Å². The second kappa shape index (κ2) is 7.85. The highest BCUT2D eigenvalue weighted by molar-refractivity contribution is 5.78. The highest BCUT2D eigenvalue weighted by atomic mass is 16.4. The lowest BCUT2D eigenvalue weighted by atomic mass is 9.95. The van der Waals surface area contributed by atoms with Crippen molar-refractivity contribution in [3.8, 4) is 0 Å². The number of carboxylic acids is 1. The van der Waals surface area contributed by atoms with Crippen LogP contribution in [0, 0.1) is 5.92 Å². The first kappa shape index (κ1) is 16.4. The largest absolute Gasteiger partial charge is 0.480 e. The number of nitrogens with zero attached hydrogens (tertiary/aromatic N) is 1. The maximum Gasteiger partial charge on any atom is 0.323 e. The molecular formula is C15H30N2O2. The first-order valence-corrected chi connectivity index (χ1v) is 7.72. The number of carboxylic acid groups (broad SMARTS) is 1. The molecule has 1 saturated heterocycles. The quantitative estimate of drug-likeness (QED) is 0.631. The van der Waals surface area contributed by atoms with E-state index >= 15 is 0 Å². The molecule has 2 unspecified atom stereocenters. The zero-order valence-corrected chi connectivity index (χ0v) is 12.7. The van der Waals surface area contributed by atoms with E-state index in [0.717, 1.165) is 25.3 Å². The number of likely N-dealkylation sites (N-methyl/N-ethyl adjacent to an activating group) is 1. The average molecular weight is 270 g/mol. The van der Waals surface area contributed by atoms with Gasteiger partial charge < -0.3 is 15.3 Å². The molecular weight excluding hydrogens is 240 g/mol. The van der Waals surface area contributed by atoms with Crippen molar-refractivity contribution in [3.05, 3.63) is 0 Å². The molecule has 1 fully saturated rings. The molecule has 4 heteroatoms. The second-order valence-electron chi connectivity index (χ2n) is 5.99. The Labute approximate surface area is 117 Å². The standard InChI is InChI=1S/C15H30N2O2/c1-4-13-8-11-17(12-13)10-7-6-9-15(3,14(18)19)16-5-2/h13,16H,4-12H2,1-3H3,(H,18,19). The molecule has 0 spiro atoms. The van der Waals surface area contributed by atoms with Crippen LogP contribution in [0.3, 0.4) is 0 Å². The number of unbranched alkanes of at least 4 members (excludes halogenated alkanes) is 1. The molecule has 0 aromatic heterocycles. The van der Waals surface area contributed by atoms with Crippen LogP contribution in [-0.4, -0.2) is 47.7 Å². The predicted octanol–water partition coefficient (Wildman–Crippen LogP) is 2.34. The van der Waals surface area contributed by atoms with Crippen molar-refractivity contribution in [2.45, 2.75) is 58.4 Å². The lowest BCUT2D eigenvalue weighted by Gasteiger charge is -2.26. The van der Waals surface area contributed by atoms with Gasteiger partial charge in [-0.05, 0) is 58.2 Å². The Hall–Kier alpha value is -0.610. The van der Waals surface area contributed by atoms with Crippen LogP contribution in [0.15, 0.2) is 0 Å². The molecule has 0 aromatic carbocycles. The Balaban J connectivity index is 2.21. The van der Waals surface area contributed by atoms with Crippen LogP contribution < -0.4 is 5.32 Å². The topological polar surface area (TPSA) is 52.6 Å². The van der Waals surface area contributed by atoms with Crippen LogP contribution >= 0.6 is 0 Å². The highest BCUT2D eigenvalue weighted by Gasteiger charge is 2.31. The van der Waals surface area contributed by atoms with Gasteiger partial charge in [-0.15, -0.1) is 0 Å². The first-order valence-electron chi connectivity index (χ1n) is 7.72. The fourth-order valence-corrected chi connectivity index (χ4v) is 2.92. The van der Waals surface area contributed by atoms with Crippen molar-refractivity contribution in [2.24, 2.45) is 5.92 Å². The minimum Gasteiger partial charge on any atom is -0.480 e. The average Bonchev–Trinajstić information content (AvgIpc) is 2.83. The van der Waals surface area contributed by atoms with Gasteiger partial charge in [-0.3, -0.25) is 4.79 Å². The predicted molar refractivity (Wildman–Crippen MR) is 78.4 cm³/mol. The van der Waals surface area contributed by atoms with Crippen LogP contribution in [0.25, 0.3) is 0 Å². The van der Waals surface area contributed by atoms with Gasteiger partial charge in [-0.2, -0.15) is 0 Å². The number of likely N-dealkylation sites (tertiary alicyclic amines) is 1. The maximum absolute atomic E-state index is 11.3. The maximum atomic E-state index is 11.3. The minimum atomic E-state index is -0.758. The van der Waals surface area contributed by atoms with Crippen LogP contribution in [-0.2, 0) is 4.79 Å². The van der Waals surface area contributed by atoms with Crippen molar-refractivity contribution >= 4 is 5.97 Å². The lowest BCUT2D eigenvalue weighted by molar-refractivity contribution is -0.144. The molecule has 1 aliphatic heterocycles. The third kappa shape index (κ3) is 5.11. The number of carbonyl (C=O) groups is 1. The molecule has 0 radical (unpaired) electrons. The number of hydrogen-bond acceptors (Lipinski definition) is 3. The molecule has 1 heterocycles. The number of hydrogen-bond donors (Lipinski definition) is 2. The van der Waals surface area contributed by atoms with Crippen LogP contribution in [0.1, 0.15) is 52.9 Å². The van der Waals surface area contributed by atoms with E-state index in [1.165, 1.54) is 25.9 Å². The molecule has 112 valence electrons. The van der Waals surface area contributed by atoms with Gasteiger partial charge in [0.25, 0.3) is 0 Å². The van der Waals surface area contributed by atoms with E-state index in [4.69, 9.17) is 0 Å². The summed E-state index contributed by atoms with van der Waals surface area (Å²) < 4.78 is 0. The molecule has 19 heavy (non-hydrogen) atoms. The summed E-state index contributed by atoms with van der Waals surface area (Å²) in [6.07, 6.45) is 5.41.